The third-order valence-corrected chi connectivity index (χ3v) is 6.16. The van der Waals surface area contributed by atoms with Crippen molar-refractivity contribution in [3.8, 4) is 0 Å². The molecule has 31 heavy (non-hydrogen) atoms. The molecule has 6 heteroatoms. The van der Waals surface area contributed by atoms with E-state index in [4.69, 9.17) is 21.6 Å². The Balaban J connectivity index is 1.55. The fourth-order valence-corrected chi connectivity index (χ4v) is 4.23. The lowest BCUT2D eigenvalue weighted by atomic mass is 10.1. The molecule has 0 saturated heterocycles. The van der Waals surface area contributed by atoms with Gasteiger partial charge in [-0.2, -0.15) is 0 Å². The summed E-state index contributed by atoms with van der Waals surface area (Å²) in [4.78, 5) is 22.3. The third kappa shape index (κ3) is 5.43. The van der Waals surface area contributed by atoms with Crippen LogP contribution in [0, 0.1) is 0 Å². The lowest BCUT2D eigenvalue weighted by molar-refractivity contribution is -0.113. The van der Waals surface area contributed by atoms with Crippen LogP contribution in [0.25, 0.3) is 11.0 Å². The molecule has 4 nitrogen and oxygen atoms in total. The van der Waals surface area contributed by atoms with Crippen molar-refractivity contribution in [2.45, 2.75) is 24.8 Å². The maximum Gasteiger partial charge on any atom is 0.234 e. The van der Waals surface area contributed by atoms with Gasteiger partial charge in [0, 0.05) is 17.1 Å². The molecule has 1 N–H and O–H groups in total. The standard InChI is InChI=1S/C25H22ClN3OS/c1-2-18-7-3-4-8-20(18)28-24(30)16-31-25-23(15-17-11-13-19(26)14-12-17)27-21-9-5-6-10-22(21)29-25/h3-14H,2,15-16H2,1H3,(H,28,30). The molecule has 0 radical (unpaired) electrons. The predicted molar refractivity (Wildman–Crippen MR) is 129 cm³/mol. The van der Waals surface area contributed by atoms with Crippen molar-refractivity contribution in [2.24, 2.45) is 0 Å². The number of hydrogen-bond acceptors (Lipinski definition) is 4. The molecule has 4 aromatic rings. The van der Waals surface area contributed by atoms with E-state index in [0.29, 0.717) is 11.4 Å². The fraction of sp³-hybridized carbons (Fsp3) is 0.160. The number of anilines is 1. The lowest BCUT2D eigenvalue weighted by Crippen LogP contribution is -2.15. The number of rotatable bonds is 7. The van der Waals surface area contributed by atoms with E-state index < -0.39 is 0 Å². The monoisotopic (exact) mass is 447 g/mol. The van der Waals surface area contributed by atoms with E-state index in [9.17, 15) is 4.79 Å². The summed E-state index contributed by atoms with van der Waals surface area (Å²) >= 11 is 7.43. The van der Waals surface area contributed by atoms with E-state index in [2.05, 4.69) is 12.2 Å². The maximum absolute atomic E-state index is 12.6. The number of carbonyl (C=O) groups excluding carboxylic acids is 1. The van der Waals surface area contributed by atoms with Gasteiger partial charge in [0.25, 0.3) is 0 Å². The number of thioether (sulfide) groups is 1. The fourth-order valence-electron chi connectivity index (χ4n) is 3.32. The van der Waals surface area contributed by atoms with E-state index >= 15 is 0 Å². The Morgan fingerprint density at radius 2 is 1.61 bits per heavy atom. The number of benzene rings is 3. The highest BCUT2D eigenvalue weighted by molar-refractivity contribution is 8.00. The number of nitrogens with one attached hydrogen (secondary N) is 1. The summed E-state index contributed by atoms with van der Waals surface area (Å²) in [6.07, 6.45) is 1.49. The van der Waals surface area contributed by atoms with E-state index in [1.807, 2.05) is 72.8 Å². The first-order chi connectivity index (χ1) is 15.1. The highest BCUT2D eigenvalue weighted by atomic mass is 35.5. The molecule has 1 aromatic heterocycles. The highest BCUT2D eigenvalue weighted by Crippen LogP contribution is 2.25. The van der Waals surface area contributed by atoms with E-state index in [1.165, 1.54) is 11.8 Å². The average molecular weight is 448 g/mol. The first-order valence-electron chi connectivity index (χ1n) is 10.1. The Hall–Kier alpha value is -2.89. The molecule has 1 amide bonds. The van der Waals surface area contributed by atoms with Crippen molar-refractivity contribution in [3.05, 3.63) is 94.6 Å². The van der Waals surface area contributed by atoms with Crippen molar-refractivity contribution < 1.29 is 4.79 Å². The van der Waals surface area contributed by atoms with E-state index in [-0.39, 0.29) is 11.7 Å². The Kier molecular flexibility index (Phi) is 6.85. The van der Waals surface area contributed by atoms with Crippen LogP contribution in [0.5, 0.6) is 0 Å². The molecule has 0 atom stereocenters. The second-order valence-corrected chi connectivity index (χ2v) is 8.52. The van der Waals surface area contributed by atoms with Crippen LogP contribution < -0.4 is 5.32 Å². The Morgan fingerprint density at radius 1 is 0.935 bits per heavy atom. The van der Waals surface area contributed by atoms with Gasteiger partial charge in [-0.15, -0.1) is 0 Å². The minimum absolute atomic E-state index is 0.0571. The Morgan fingerprint density at radius 3 is 2.35 bits per heavy atom. The van der Waals surface area contributed by atoms with Gasteiger partial charge in [-0.25, -0.2) is 9.97 Å². The minimum Gasteiger partial charge on any atom is -0.325 e. The van der Waals surface area contributed by atoms with Gasteiger partial charge in [0.2, 0.25) is 5.91 Å². The van der Waals surface area contributed by atoms with E-state index in [0.717, 1.165) is 45.0 Å². The number of hydrogen-bond donors (Lipinski definition) is 1. The molecule has 4 rings (SSSR count). The molecule has 0 fully saturated rings. The smallest absolute Gasteiger partial charge is 0.234 e. The first-order valence-corrected chi connectivity index (χ1v) is 11.5. The molecule has 0 aliphatic heterocycles. The predicted octanol–water partition coefficient (Wildman–Crippen LogP) is 6.17. The Labute approximate surface area is 191 Å². The normalized spacial score (nSPS) is 10.9. The number of nitrogens with zero attached hydrogens (tertiary/aromatic N) is 2. The van der Waals surface area contributed by atoms with Crippen molar-refractivity contribution in [1.29, 1.82) is 0 Å². The summed E-state index contributed by atoms with van der Waals surface area (Å²) in [6, 6.07) is 23.4. The second kappa shape index (κ2) is 9.94. The van der Waals surface area contributed by atoms with Crippen LogP contribution in [0.3, 0.4) is 0 Å². The van der Waals surface area contributed by atoms with Crippen molar-refractivity contribution in [1.82, 2.24) is 9.97 Å². The van der Waals surface area contributed by atoms with Gasteiger partial charge in [0.1, 0.15) is 5.03 Å². The van der Waals surface area contributed by atoms with Gasteiger partial charge in [-0.05, 0) is 47.9 Å². The SMILES string of the molecule is CCc1ccccc1NC(=O)CSc1nc2ccccc2nc1Cc1ccc(Cl)cc1. The van der Waals surface area contributed by atoms with Crippen LogP contribution in [0.2, 0.25) is 5.02 Å². The minimum atomic E-state index is -0.0571. The van der Waals surface area contributed by atoms with Gasteiger partial charge in [-0.3, -0.25) is 4.79 Å². The zero-order valence-electron chi connectivity index (χ0n) is 17.1. The van der Waals surface area contributed by atoms with Gasteiger partial charge in [0.15, 0.2) is 0 Å². The zero-order chi connectivity index (χ0) is 21.6. The summed E-state index contributed by atoms with van der Waals surface area (Å²) in [5, 5.41) is 4.49. The van der Waals surface area contributed by atoms with Gasteiger partial charge in [-0.1, -0.05) is 72.8 Å². The molecular formula is C25H22ClN3OS. The van der Waals surface area contributed by atoms with Gasteiger partial charge >= 0.3 is 0 Å². The number of fused-ring (bicyclic) bond motifs is 1. The van der Waals surface area contributed by atoms with Crippen molar-refractivity contribution in [3.63, 3.8) is 0 Å². The van der Waals surface area contributed by atoms with Crippen molar-refractivity contribution in [2.75, 3.05) is 11.1 Å². The summed E-state index contributed by atoms with van der Waals surface area (Å²) in [5.41, 5.74) is 5.60. The van der Waals surface area contributed by atoms with Crippen LogP contribution >= 0.6 is 23.4 Å². The lowest BCUT2D eigenvalue weighted by Gasteiger charge is -2.11. The van der Waals surface area contributed by atoms with Crippen LogP contribution in [-0.4, -0.2) is 21.6 Å². The van der Waals surface area contributed by atoms with Crippen LogP contribution in [-0.2, 0) is 17.6 Å². The molecule has 0 bridgehead atoms. The summed E-state index contributed by atoms with van der Waals surface area (Å²) < 4.78 is 0. The summed E-state index contributed by atoms with van der Waals surface area (Å²) in [6.45, 7) is 2.08. The highest BCUT2D eigenvalue weighted by Gasteiger charge is 2.13. The van der Waals surface area contributed by atoms with Crippen LogP contribution in [0.1, 0.15) is 23.7 Å². The molecule has 0 aliphatic rings. The number of carbonyl (C=O) groups is 1. The molecule has 1 heterocycles. The van der Waals surface area contributed by atoms with Crippen LogP contribution in [0.15, 0.2) is 77.8 Å². The molecule has 0 aliphatic carbocycles. The molecule has 0 unspecified atom stereocenters. The molecule has 156 valence electrons. The average Bonchev–Trinajstić information content (AvgIpc) is 2.79. The number of aromatic nitrogens is 2. The first kappa shape index (κ1) is 21.3. The van der Waals surface area contributed by atoms with Gasteiger partial charge in [0.05, 0.1) is 22.5 Å². The maximum atomic E-state index is 12.6. The number of aryl methyl sites for hydroxylation is 1. The summed E-state index contributed by atoms with van der Waals surface area (Å²) in [7, 11) is 0. The second-order valence-electron chi connectivity index (χ2n) is 7.11. The molecule has 3 aromatic carbocycles. The topological polar surface area (TPSA) is 54.9 Å². The van der Waals surface area contributed by atoms with E-state index in [1.54, 1.807) is 0 Å². The van der Waals surface area contributed by atoms with Crippen molar-refractivity contribution >= 4 is 46.0 Å². The Bertz CT molecular complexity index is 1210. The largest absolute Gasteiger partial charge is 0.325 e. The number of halogens is 1. The molecular weight excluding hydrogens is 426 g/mol. The summed E-state index contributed by atoms with van der Waals surface area (Å²) in [5.74, 6) is 0.205. The quantitative estimate of drug-likeness (QED) is 0.344. The molecule has 0 spiro atoms. The van der Waals surface area contributed by atoms with Crippen LogP contribution in [0.4, 0.5) is 5.69 Å². The molecule has 0 saturated carbocycles. The third-order valence-electron chi connectivity index (χ3n) is 4.90. The number of amides is 1. The zero-order valence-corrected chi connectivity index (χ0v) is 18.7. The number of para-hydroxylation sites is 3. The van der Waals surface area contributed by atoms with Gasteiger partial charge < -0.3 is 5.32 Å².